The number of hydrogen-bond acceptors (Lipinski definition) is 5. The monoisotopic (exact) mass is 383 g/mol. The normalized spacial score (nSPS) is 12.3. The molecule has 0 aliphatic carbocycles. The van der Waals surface area contributed by atoms with Crippen molar-refractivity contribution in [3.63, 3.8) is 0 Å². The van der Waals surface area contributed by atoms with E-state index in [2.05, 4.69) is 35.5 Å². The number of pyridine rings is 2. The second kappa shape index (κ2) is 6.83. The van der Waals surface area contributed by atoms with Crippen LogP contribution in [0.2, 0.25) is 0 Å². The molecule has 0 radical (unpaired) electrons. The first-order valence-corrected chi connectivity index (χ1v) is 9.19. The Morgan fingerprint density at radius 3 is 2.55 bits per heavy atom. The first-order valence-electron chi connectivity index (χ1n) is 9.19. The number of nitrogens with one attached hydrogen (secondary N) is 3. The lowest BCUT2D eigenvalue weighted by Gasteiger charge is -2.11. The molecule has 8 heteroatoms. The van der Waals surface area contributed by atoms with E-state index in [4.69, 9.17) is 0 Å². The molecular weight excluding hydrogens is 366 g/mol. The molecule has 4 aromatic heterocycles. The number of H-pyrrole nitrogens is 2. The minimum absolute atomic E-state index is 0.143. The number of carbonyl (C=O) groups is 1. The predicted octanol–water partition coefficient (Wildman–Crippen LogP) is 3.39. The van der Waals surface area contributed by atoms with E-state index in [0.29, 0.717) is 11.0 Å². The molecule has 3 N–H and O–H groups in total. The minimum Gasteiger partial charge on any atom is -0.341 e. The van der Waals surface area contributed by atoms with E-state index in [0.717, 1.165) is 27.9 Å². The van der Waals surface area contributed by atoms with Crippen LogP contribution in [0, 0.1) is 0 Å². The Kier molecular flexibility index (Phi) is 4.02. The summed E-state index contributed by atoms with van der Waals surface area (Å²) in [4.78, 5) is 29.8. The highest BCUT2D eigenvalue weighted by Gasteiger charge is 2.18. The summed E-state index contributed by atoms with van der Waals surface area (Å²) in [5, 5.41) is 10.2. The van der Waals surface area contributed by atoms with Gasteiger partial charge >= 0.3 is 0 Å². The maximum Gasteiger partial charge on any atom is 0.289 e. The van der Waals surface area contributed by atoms with Gasteiger partial charge in [-0.15, -0.1) is 0 Å². The molecule has 1 atom stereocenters. The van der Waals surface area contributed by atoms with Crippen molar-refractivity contribution in [1.82, 2.24) is 35.5 Å². The zero-order valence-corrected chi connectivity index (χ0v) is 15.5. The van der Waals surface area contributed by atoms with Crippen LogP contribution in [0.4, 0.5) is 0 Å². The fraction of sp³-hybridized carbons (Fsp3) is 0.0952. The van der Waals surface area contributed by atoms with Crippen LogP contribution in [-0.2, 0) is 0 Å². The summed E-state index contributed by atoms with van der Waals surface area (Å²) in [6.07, 6.45) is 5.19. The number of amides is 1. The first kappa shape index (κ1) is 17.1. The number of fused-ring (bicyclic) bond motifs is 2. The number of hydrogen-bond donors (Lipinski definition) is 3. The van der Waals surface area contributed by atoms with Gasteiger partial charge in [-0.3, -0.25) is 19.9 Å². The molecule has 8 nitrogen and oxygen atoms in total. The number of benzene rings is 1. The first-order chi connectivity index (χ1) is 14.2. The number of carbonyl (C=O) groups excluding carboxylic acids is 1. The summed E-state index contributed by atoms with van der Waals surface area (Å²) in [5.41, 5.74) is 4.93. The van der Waals surface area contributed by atoms with Crippen molar-refractivity contribution in [3.8, 4) is 11.3 Å². The molecule has 0 spiro atoms. The molecule has 0 unspecified atom stereocenters. The van der Waals surface area contributed by atoms with Crippen LogP contribution in [0.5, 0.6) is 0 Å². The van der Waals surface area contributed by atoms with Crippen molar-refractivity contribution in [2.75, 3.05) is 0 Å². The highest BCUT2D eigenvalue weighted by atomic mass is 16.2. The van der Waals surface area contributed by atoms with Gasteiger partial charge in [0.1, 0.15) is 0 Å². The van der Waals surface area contributed by atoms with Gasteiger partial charge in [0.05, 0.1) is 34.0 Å². The molecule has 0 aliphatic heterocycles. The summed E-state index contributed by atoms with van der Waals surface area (Å²) in [7, 11) is 0. The highest BCUT2D eigenvalue weighted by Crippen LogP contribution is 2.28. The summed E-state index contributed by atoms with van der Waals surface area (Å²) in [6, 6.07) is 13.0. The summed E-state index contributed by atoms with van der Waals surface area (Å²) in [6.45, 7) is 1.88. The average Bonchev–Trinajstić information content (AvgIpc) is 3.36. The lowest BCUT2D eigenvalue weighted by Crippen LogP contribution is -2.28. The molecule has 29 heavy (non-hydrogen) atoms. The molecule has 4 heterocycles. The van der Waals surface area contributed by atoms with Gasteiger partial charge in [-0.1, -0.05) is 6.07 Å². The summed E-state index contributed by atoms with van der Waals surface area (Å²) < 4.78 is 0. The van der Waals surface area contributed by atoms with Gasteiger partial charge in [0.2, 0.25) is 5.82 Å². The van der Waals surface area contributed by atoms with E-state index in [1.54, 1.807) is 18.6 Å². The Morgan fingerprint density at radius 2 is 1.79 bits per heavy atom. The van der Waals surface area contributed by atoms with Crippen molar-refractivity contribution in [1.29, 1.82) is 0 Å². The van der Waals surface area contributed by atoms with Crippen molar-refractivity contribution in [2.24, 2.45) is 0 Å². The maximum absolute atomic E-state index is 12.6. The van der Waals surface area contributed by atoms with Crippen molar-refractivity contribution in [2.45, 2.75) is 13.0 Å². The van der Waals surface area contributed by atoms with E-state index in [1.807, 2.05) is 49.4 Å². The Labute approximate surface area is 165 Å². The second-order valence-corrected chi connectivity index (χ2v) is 6.74. The lowest BCUT2D eigenvalue weighted by molar-refractivity contribution is 0.0930. The highest BCUT2D eigenvalue weighted by molar-refractivity contribution is 6.02. The van der Waals surface area contributed by atoms with Crippen molar-refractivity contribution >= 4 is 27.8 Å². The molecule has 1 aromatic carbocycles. The van der Waals surface area contributed by atoms with Crippen LogP contribution in [0.3, 0.4) is 0 Å². The largest absolute Gasteiger partial charge is 0.341 e. The number of imidazole rings is 1. The lowest BCUT2D eigenvalue weighted by atomic mass is 10.1. The second-order valence-electron chi connectivity index (χ2n) is 6.74. The van der Waals surface area contributed by atoms with Crippen LogP contribution >= 0.6 is 0 Å². The third-order valence-electron chi connectivity index (χ3n) is 4.81. The quantitative estimate of drug-likeness (QED) is 0.440. The summed E-state index contributed by atoms with van der Waals surface area (Å²) in [5.74, 6) is -0.186. The fourth-order valence-electron chi connectivity index (χ4n) is 3.33. The van der Waals surface area contributed by atoms with Crippen LogP contribution in [0.25, 0.3) is 33.2 Å². The van der Waals surface area contributed by atoms with E-state index < -0.39 is 0 Å². The van der Waals surface area contributed by atoms with Gasteiger partial charge in [0.15, 0.2) is 0 Å². The third-order valence-corrected chi connectivity index (χ3v) is 4.81. The van der Waals surface area contributed by atoms with E-state index >= 15 is 0 Å². The fourth-order valence-corrected chi connectivity index (χ4v) is 3.33. The van der Waals surface area contributed by atoms with E-state index in [9.17, 15) is 4.79 Å². The molecule has 1 amide bonds. The minimum atomic E-state index is -0.330. The van der Waals surface area contributed by atoms with Gasteiger partial charge in [-0.25, -0.2) is 9.97 Å². The van der Waals surface area contributed by atoms with Gasteiger partial charge in [-0.05, 0) is 43.3 Å². The van der Waals surface area contributed by atoms with Crippen LogP contribution in [0.1, 0.15) is 29.3 Å². The number of nitrogens with zero attached hydrogens (tertiary/aromatic N) is 4. The Bertz CT molecular complexity index is 1310. The predicted molar refractivity (Wildman–Crippen MR) is 109 cm³/mol. The molecule has 5 rings (SSSR count). The van der Waals surface area contributed by atoms with Crippen molar-refractivity contribution < 1.29 is 4.79 Å². The molecule has 0 bridgehead atoms. The third kappa shape index (κ3) is 3.10. The Balaban J connectivity index is 1.48. The van der Waals surface area contributed by atoms with Gasteiger partial charge in [0.25, 0.3) is 5.91 Å². The molecule has 0 fully saturated rings. The zero-order chi connectivity index (χ0) is 19.8. The molecule has 142 valence electrons. The molecular formula is C21H17N7O. The molecule has 0 saturated carbocycles. The Hall–Kier alpha value is -4.07. The molecule has 5 aromatic rings. The zero-order valence-electron chi connectivity index (χ0n) is 15.5. The van der Waals surface area contributed by atoms with Crippen molar-refractivity contribution in [3.05, 3.63) is 72.6 Å². The smallest absolute Gasteiger partial charge is 0.289 e. The van der Waals surface area contributed by atoms with Gasteiger partial charge in [0, 0.05) is 29.5 Å². The van der Waals surface area contributed by atoms with Gasteiger partial charge < -0.3 is 10.4 Å². The Morgan fingerprint density at radius 1 is 1.00 bits per heavy atom. The van der Waals surface area contributed by atoms with E-state index in [1.165, 1.54) is 0 Å². The van der Waals surface area contributed by atoms with Crippen LogP contribution in [-0.4, -0.2) is 36.0 Å². The van der Waals surface area contributed by atoms with E-state index in [-0.39, 0.29) is 17.8 Å². The number of rotatable bonds is 4. The average molecular weight is 383 g/mol. The number of aromatic nitrogens is 6. The van der Waals surface area contributed by atoms with Crippen LogP contribution < -0.4 is 5.32 Å². The van der Waals surface area contributed by atoms with Crippen LogP contribution in [0.15, 0.2) is 61.1 Å². The number of aromatic amines is 2. The summed E-state index contributed by atoms with van der Waals surface area (Å²) >= 11 is 0. The molecule has 0 saturated heterocycles. The van der Waals surface area contributed by atoms with Gasteiger partial charge in [-0.2, -0.15) is 0 Å². The molecule has 0 aliphatic rings. The topological polar surface area (TPSA) is 112 Å². The standard InChI is InChI=1S/C21H17N7O/c1-12(15-4-2-3-7-23-15)24-21(29)20-25-17-10-14-16(11-18(17)26-20)27-28-19(14)13-5-8-22-9-6-13/h2-12,27-28H,1H3,(H,24,29)/t12-/m1/s1. The maximum atomic E-state index is 12.6. The SMILES string of the molecule is C[C@@H](NC(=O)c1nc2cc3[nH][nH]c(-c4ccncc4)c3cc2n1)c1ccccn1.